The van der Waals surface area contributed by atoms with E-state index in [4.69, 9.17) is 10.1 Å². The van der Waals surface area contributed by atoms with Gasteiger partial charge >= 0.3 is 0 Å². The number of aliphatic imine (C=N–C) groups is 1. The van der Waals surface area contributed by atoms with E-state index >= 15 is 0 Å². The van der Waals surface area contributed by atoms with Gasteiger partial charge in [-0.15, -0.1) is 24.0 Å². The summed E-state index contributed by atoms with van der Waals surface area (Å²) in [5, 5.41) is 15.9. The second kappa shape index (κ2) is 12.4. The molecule has 1 unspecified atom stereocenters. The van der Waals surface area contributed by atoms with Gasteiger partial charge in [0.25, 0.3) is 0 Å². The number of hydrogen-bond donors (Lipinski definition) is 3. The first-order valence-electron chi connectivity index (χ1n) is 8.82. The molecule has 0 amide bonds. The number of guanidine groups is 1. The molecule has 3 N–H and O–H groups in total. The molecule has 0 aromatic rings. The van der Waals surface area contributed by atoms with E-state index in [2.05, 4.69) is 31.4 Å². The summed E-state index contributed by atoms with van der Waals surface area (Å²) in [7, 11) is 0. The number of hydrogen-bond acceptors (Lipinski definition) is 2. The first-order valence-corrected chi connectivity index (χ1v) is 8.82. The molecule has 22 heavy (non-hydrogen) atoms. The van der Waals surface area contributed by atoms with Crippen molar-refractivity contribution >= 4 is 29.9 Å². The van der Waals surface area contributed by atoms with Crippen molar-refractivity contribution in [2.24, 2.45) is 16.3 Å². The standard InChI is InChI=1S/C17H35N3O.HI/c1-4-8-15(9-12-21)13-19-16(18-6-3)20-14-17(5-2)10-7-11-17;/h15,21H,4-14H2,1-3H3,(H2,18,19,20);1H. The fourth-order valence-corrected chi connectivity index (χ4v) is 3.07. The minimum absolute atomic E-state index is 0. The molecule has 5 heteroatoms. The van der Waals surface area contributed by atoms with Gasteiger partial charge in [-0.1, -0.05) is 26.7 Å². The summed E-state index contributed by atoms with van der Waals surface area (Å²) in [6.07, 6.45) is 8.45. The van der Waals surface area contributed by atoms with Crippen molar-refractivity contribution in [3.8, 4) is 0 Å². The minimum atomic E-state index is 0. The van der Waals surface area contributed by atoms with Crippen LogP contribution in [0, 0.1) is 11.3 Å². The fourth-order valence-electron chi connectivity index (χ4n) is 3.07. The first kappa shape index (κ1) is 22.0. The first-order chi connectivity index (χ1) is 10.2. The van der Waals surface area contributed by atoms with Gasteiger partial charge in [-0.25, -0.2) is 0 Å². The molecule has 1 atom stereocenters. The third-order valence-corrected chi connectivity index (χ3v) is 4.87. The van der Waals surface area contributed by atoms with Crippen LogP contribution in [0.1, 0.15) is 65.7 Å². The molecule has 1 saturated carbocycles. The van der Waals surface area contributed by atoms with Crippen LogP contribution in [0.5, 0.6) is 0 Å². The van der Waals surface area contributed by atoms with Crippen LogP contribution in [-0.4, -0.2) is 37.3 Å². The van der Waals surface area contributed by atoms with Crippen LogP contribution in [-0.2, 0) is 0 Å². The molecule has 0 radical (unpaired) electrons. The predicted molar refractivity (Wildman–Crippen MR) is 106 cm³/mol. The van der Waals surface area contributed by atoms with E-state index in [1.807, 2.05) is 0 Å². The smallest absolute Gasteiger partial charge is 0.191 e. The summed E-state index contributed by atoms with van der Waals surface area (Å²) in [6, 6.07) is 0. The van der Waals surface area contributed by atoms with Gasteiger partial charge in [0, 0.05) is 26.2 Å². The van der Waals surface area contributed by atoms with Crippen molar-refractivity contribution < 1.29 is 5.11 Å². The number of halogens is 1. The number of aliphatic hydroxyl groups excluding tert-OH is 1. The number of aliphatic hydroxyl groups is 1. The van der Waals surface area contributed by atoms with Crippen molar-refractivity contribution in [3.05, 3.63) is 0 Å². The molecule has 0 saturated heterocycles. The van der Waals surface area contributed by atoms with Gasteiger partial charge in [-0.05, 0) is 50.4 Å². The Morgan fingerprint density at radius 3 is 2.36 bits per heavy atom. The lowest BCUT2D eigenvalue weighted by atomic mass is 9.67. The Labute approximate surface area is 154 Å². The molecule has 1 aliphatic rings. The lowest BCUT2D eigenvalue weighted by molar-refractivity contribution is 0.139. The number of nitrogens with zero attached hydrogens (tertiary/aromatic N) is 1. The molecule has 0 spiro atoms. The second-order valence-corrected chi connectivity index (χ2v) is 6.45. The Kier molecular flexibility index (Phi) is 12.4. The summed E-state index contributed by atoms with van der Waals surface area (Å²) in [6.45, 7) is 9.60. The Morgan fingerprint density at radius 1 is 1.18 bits per heavy atom. The third-order valence-electron chi connectivity index (χ3n) is 4.87. The van der Waals surface area contributed by atoms with E-state index in [1.54, 1.807) is 0 Å². The molecule has 0 aliphatic heterocycles. The Morgan fingerprint density at radius 2 is 1.91 bits per heavy atom. The normalized spacial score (nSPS) is 18.1. The number of nitrogens with one attached hydrogen (secondary N) is 2. The topological polar surface area (TPSA) is 56.6 Å². The highest BCUT2D eigenvalue weighted by Crippen LogP contribution is 2.43. The van der Waals surface area contributed by atoms with E-state index in [9.17, 15) is 0 Å². The summed E-state index contributed by atoms with van der Waals surface area (Å²) in [5.41, 5.74) is 0.469. The average molecular weight is 425 g/mol. The van der Waals surface area contributed by atoms with Gasteiger partial charge in [0.15, 0.2) is 5.96 Å². The van der Waals surface area contributed by atoms with Crippen LogP contribution in [0.25, 0.3) is 0 Å². The van der Waals surface area contributed by atoms with Gasteiger partial charge in [-0.2, -0.15) is 0 Å². The monoisotopic (exact) mass is 425 g/mol. The fraction of sp³-hybridized carbons (Fsp3) is 0.941. The van der Waals surface area contributed by atoms with Crippen LogP contribution < -0.4 is 10.6 Å². The van der Waals surface area contributed by atoms with Crippen LogP contribution in [0.3, 0.4) is 0 Å². The molecule has 1 fully saturated rings. The van der Waals surface area contributed by atoms with Crippen LogP contribution >= 0.6 is 24.0 Å². The van der Waals surface area contributed by atoms with Gasteiger partial charge in [0.1, 0.15) is 0 Å². The van der Waals surface area contributed by atoms with E-state index in [-0.39, 0.29) is 30.6 Å². The Bertz CT molecular complexity index is 295. The molecule has 1 rings (SSSR count). The highest BCUT2D eigenvalue weighted by Gasteiger charge is 2.34. The lowest BCUT2D eigenvalue weighted by Gasteiger charge is -2.40. The van der Waals surface area contributed by atoms with Crippen LogP contribution in [0.4, 0.5) is 0 Å². The van der Waals surface area contributed by atoms with Gasteiger partial charge in [0.05, 0.1) is 0 Å². The molecular formula is C17H36IN3O. The highest BCUT2D eigenvalue weighted by atomic mass is 127. The molecule has 0 aromatic carbocycles. The summed E-state index contributed by atoms with van der Waals surface area (Å²) in [4.78, 5) is 4.80. The van der Waals surface area contributed by atoms with Crippen molar-refractivity contribution in [1.82, 2.24) is 10.6 Å². The molecule has 4 nitrogen and oxygen atoms in total. The Hall–Kier alpha value is -0.0400. The van der Waals surface area contributed by atoms with Crippen molar-refractivity contribution in [2.75, 3.05) is 26.2 Å². The molecule has 132 valence electrons. The van der Waals surface area contributed by atoms with Crippen LogP contribution in [0.15, 0.2) is 4.99 Å². The quantitative estimate of drug-likeness (QED) is 0.285. The third kappa shape index (κ3) is 7.49. The maximum atomic E-state index is 9.14. The molecule has 0 bridgehead atoms. The van der Waals surface area contributed by atoms with Gasteiger partial charge in [-0.3, -0.25) is 4.99 Å². The van der Waals surface area contributed by atoms with E-state index in [0.717, 1.165) is 38.4 Å². The van der Waals surface area contributed by atoms with Crippen molar-refractivity contribution in [2.45, 2.75) is 65.7 Å². The SMILES string of the molecule is CCCC(CCO)CNC(=NCC1(CC)CCC1)NCC.I. The number of rotatable bonds is 10. The van der Waals surface area contributed by atoms with Gasteiger partial charge < -0.3 is 15.7 Å². The highest BCUT2D eigenvalue weighted by molar-refractivity contribution is 14.0. The molecular weight excluding hydrogens is 389 g/mol. The van der Waals surface area contributed by atoms with Crippen molar-refractivity contribution in [1.29, 1.82) is 0 Å². The molecule has 0 heterocycles. The summed E-state index contributed by atoms with van der Waals surface area (Å²) in [5.74, 6) is 1.48. The lowest BCUT2D eigenvalue weighted by Crippen LogP contribution is -2.41. The summed E-state index contributed by atoms with van der Waals surface area (Å²) >= 11 is 0. The second-order valence-electron chi connectivity index (χ2n) is 6.45. The maximum Gasteiger partial charge on any atom is 0.191 e. The molecule has 0 aromatic heterocycles. The van der Waals surface area contributed by atoms with Crippen molar-refractivity contribution in [3.63, 3.8) is 0 Å². The average Bonchev–Trinajstić information content (AvgIpc) is 2.44. The van der Waals surface area contributed by atoms with E-state index in [0.29, 0.717) is 11.3 Å². The molecule has 1 aliphatic carbocycles. The predicted octanol–water partition coefficient (Wildman–Crippen LogP) is 3.54. The largest absolute Gasteiger partial charge is 0.396 e. The zero-order valence-electron chi connectivity index (χ0n) is 14.7. The zero-order valence-corrected chi connectivity index (χ0v) is 17.0. The maximum absolute atomic E-state index is 9.14. The van der Waals surface area contributed by atoms with Gasteiger partial charge in [0.2, 0.25) is 0 Å². The zero-order chi connectivity index (χ0) is 15.6. The van der Waals surface area contributed by atoms with E-state index in [1.165, 1.54) is 32.1 Å². The van der Waals surface area contributed by atoms with Crippen LogP contribution in [0.2, 0.25) is 0 Å². The summed E-state index contributed by atoms with van der Waals surface area (Å²) < 4.78 is 0. The Balaban J connectivity index is 0.00000441. The van der Waals surface area contributed by atoms with E-state index < -0.39 is 0 Å². The minimum Gasteiger partial charge on any atom is -0.396 e.